The zero-order valence-electron chi connectivity index (χ0n) is 13.3. The summed E-state index contributed by atoms with van der Waals surface area (Å²) in [6, 6.07) is 9.93. The molecule has 1 aromatic carbocycles. The molecule has 0 fully saturated rings. The Kier molecular flexibility index (Phi) is 5.82. The fourth-order valence-electron chi connectivity index (χ4n) is 1.97. The number of aryl methyl sites for hydroxylation is 1. The lowest BCUT2D eigenvalue weighted by Gasteiger charge is -2.18. The highest BCUT2D eigenvalue weighted by Gasteiger charge is 2.07. The highest BCUT2D eigenvalue weighted by atomic mass is 16.5. The quantitative estimate of drug-likeness (QED) is 0.562. The molecule has 3 N–H and O–H groups in total. The first-order chi connectivity index (χ1) is 10.7. The normalized spacial score (nSPS) is 12.8. The molecule has 2 aromatic rings. The second kappa shape index (κ2) is 8.07. The van der Waals surface area contributed by atoms with Gasteiger partial charge in [-0.25, -0.2) is 0 Å². The van der Waals surface area contributed by atoms with Gasteiger partial charge in [-0.15, -0.1) is 0 Å². The number of nitrogens with zero attached hydrogens (tertiary/aromatic N) is 2. The molecule has 0 bridgehead atoms. The van der Waals surface area contributed by atoms with E-state index in [1.165, 1.54) is 0 Å². The fourth-order valence-corrected chi connectivity index (χ4v) is 1.97. The van der Waals surface area contributed by atoms with Crippen LogP contribution in [0.5, 0.6) is 5.75 Å². The number of guanidine groups is 1. The van der Waals surface area contributed by atoms with Crippen molar-refractivity contribution in [2.75, 3.05) is 13.6 Å². The summed E-state index contributed by atoms with van der Waals surface area (Å²) in [6.07, 6.45) is 1.76. The van der Waals surface area contributed by atoms with Gasteiger partial charge < -0.3 is 15.4 Å². The number of benzene rings is 1. The van der Waals surface area contributed by atoms with E-state index in [4.69, 9.17) is 4.74 Å². The van der Waals surface area contributed by atoms with E-state index >= 15 is 0 Å². The zero-order valence-corrected chi connectivity index (χ0v) is 13.3. The summed E-state index contributed by atoms with van der Waals surface area (Å²) >= 11 is 0. The summed E-state index contributed by atoms with van der Waals surface area (Å²) in [7, 11) is 1.75. The number of hydrogen-bond donors (Lipinski definition) is 3. The second-order valence-corrected chi connectivity index (χ2v) is 5.08. The molecule has 1 aromatic heterocycles. The number of rotatable bonds is 6. The summed E-state index contributed by atoms with van der Waals surface area (Å²) in [5, 5.41) is 13.3. The van der Waals surface area contributed by atoms with Crippen LogP contribution in [0.25, 0.3) is 0 Å². The van der Waals surface area contributed by atoms with Crippen molar-refractivity contribution >= 4 is 5.96 Å². The smallest absolute Gasteiger partial charge is 0.191 e. The molecule has 22 heavy (non-hydrogen) atoms. The number of hydrogen-bond acceptors (Lipinski definition) is 3. The third-order valence-electron chi connectivity index (χ3n) is 3.21. The lowest BCUT2D eigenvalue weighted by molar-refractivity contribution is 0.222. The SMILES string of the molecule is CN=C(NCc1ccn[nH]1)NCC(C)Oc1ccccc1C. The van der Waals surface area contributed by atoms with Gasteiger partial charge in [-0.05, 0) is 31.5 Å². The first kappa shape index (κ1) is 15.9. The van der Waals surface area contributed by atoms with Crippen molar-refractivity contribution in [2.24, 2.45) is 4.99 Å². The Hall–Kier alpha value is -2.50. The molecular formula is C16H23N5O. The number of H-pyrrole nitrogens is 1. The minimum atomic E-state index is 0.0341. The van der Waals surface area contributed by atoms with Gasteiger partial charge in [0.2, 0.25) is 0 Å². The molecule has 118 valence electrons. The third kappa shape index (κ3) is 4.80. The number of ether oxygens (including phenoxy) is 1. The molecule has 2 rings (SSSR count). The van der Waals surface area contributed by atoms with Crippen LogP contribution in [0, 0.1) is 6.92 Å². The van der Waals surface area contributed by atoms with Crippen LogP contribution in [0.15, 0.2) is 41.5 Å². The molecular weight excluding hydrogens is 278 g/mol. The van der Waals surface area contributed by atoms with Crippen LogP contribution in [0.3, 0.4) is 0 Å². The second-order valence-electron chi connectivity index (χ2n) is 5.08. The van der Waals surface area contributed by atoms with Crippen LogP contribution in [0.2, 0.25) is 0 Å². The Morgan fingerprint density at radius 2 is 2.14 bits per heavy atom. The maximum absolute atomic E-state index is 5.93. The Labute approximate surface area is 131 Å². The van der Waals surface area contributed by atoms with Gasteiger partial charge in [-0.3, -0.25) is 10.1 Å². The number of nitrogens with one attached hydrogen (secondary N) is 3. The van der Waals surface area contributed by atoms with E-state index < -0.39 is 0 Å². The first-order valence-electron chi connectivity index (χ1n) is 7.34. The zero-order chi connectivity index (χ0) is 15.8. The highest BCUT2D eigenvalue weighted by molar-refractivity contribution is 5.79. The van der Waals surface area contributed by atoms with Gasteiger partial charge in [0.1, 0.15) is 11.9 Å². The predicted molar refractivity (Wildman–Crippen MR) is 88.1 cm³/mol. The van der Waals surface area contributed by atoms with Gasteiger partial charge in [0, 0.05) is 13.2 Å². The van der Waals surface area contributed by atoms with E-state index in [9.17, 15) is 0 Å². The van der Waals surface area contributed by atoms with E-state index in [0.29, 0.717) is 13.1 Å². The van der Waals surface area contributed by atoms with Crippen molar-refractivity contribution in [1.29, 1.82) is 0 Å². The van der Waals surface area contributed by atoms with E-state index in [1.807, 2.05) is 44.2 Å². The Balaban J connectivity index is 1.76. The number of aliphatic imine (C=N–C) groups is 1. The van der Waals surface area contributed by atoms with Gasteiger partial charge >= 0.3 is 0 Å². The highest BCUT2D eigenvalue weighted by Crippen LogP contribution is 2.17. The van der Waals surface area contributed by atoms with Gasteiger partial charge in [0.25, 0.3) is 0 Å². The summed E-state index contributed by atoms with van der Waals surface area (Å²) < 4.78 is 5.93. The van der Waals surface area contributed by atoms with Gasteiger partial charge in [-0.2, -0.15) is 5.10 Å². The molecule has 0 radical (unpaired) electrons. The number of aromatic amines is 1. The van der Waals surface area contributed by atoms with E-state index in [1.54, 1.807) is 13.2 Å². The van der Waals surface area contributed by atoms with Crippen molar-refractivity contribution in [3.63, 3.8) is 0 Å². The van der Waals surface area contributed by atoms with Crippen LogP contribution in [0.4, 0.5) is 0 Å². The van der Waals surface area contributed by atoms with E-state index in [-0.39, 0.29) is 6.10 Å². The van der Waals surface area contributed by atoms with Crippen molar-refractivity contribution in [2.45, 2.75) is 26.5 Å². The van der Waals surface area contributed by atoms with Crippen molar-refractivity contribution in [1.82, 2.24) is 20.8 Å². The Bertz CT molecular complexity index is 594. The molecule has 6 nitrogen and oxygen atoms in total. The average Bonchev–Trinajstić information content (AvgIpc) is 3.03. The fraction of sp³-hybridized carbons (Fsp3) is 0.375. The van der Waals surface area contributed by atoms with Gasteiger partial charge in [0.05, 0.1) is 18.8 Å². The average molecular weight is 301 g/mol. The molecule has 6 heteroatoms. The molecule has 0 aliphatic rings. The maximum atomic E-state index is 5.93. The first-order valence-corrected chi connectivity index (χ1v) is 7.34. The number of para-hydroxylation sites is 1. The van der Waals surface area contributed by atoms with Crippen LogP contribution < -0.4 is 15.4 Å². The lowest BCUT2D eigenvalue weighted by atomic mass is 10.2. The maximum Gasteiger partial charge on any atom is 0.191 e. The van der Waals surface area contributed by atoms with Crippen LogP contribution in [-0.4, -0.2) is 35.9 Å². The van der Waals surface area contributed by atoms with Gasteiger partial charge in [0.15, 0.2) is 5.96 Å². The molecule has 0 amide bonds. The van der Waals surface area contributed by atoms with Crippen molar-refractivity contribution < 1.29 is 4.74 Å². The van der Waals surface area contributed by atoms with Crippen LogP contribution in [0.1, 0.15) is 18.2 Å². The topological polar surface area (TPSA) is 74.3 Å². The Morgan fingerprint density at radius 1 is 1.32 bits per heavy atom. The molecule has 0 saturated heterocycles. The standard InChI is InChI=1S/C16H23N5O/c1-12-6-4-5-7-15(12)22-13(2)10-18-16(17-3)19-11-14-8-9-20-21-14/h4-9,13H,10-11H2,1-3H3,(H,20,21)(H2,17,18,19). The third-order valence-corrected chi connectivity index (χ3v) is 3.21. The van der Waals surface area contributed by atoms with Crippen molar-refractivity contribution in [3.8, 4) is 5.75 Å². The summed E-state index contributed by atoms with van der Waals surface area (Å²) in [6.45, 7) is 5.38. The molecule has 0 spiro atoms. The minimum absolute atomic E-state index is 0.0341. The molecule has 1 atom stereocenters. The molecule has 1 heterocycles. The number of aromatic nitrogens is 2. The van der Waals surface area contributed by atoms with E-state index in [2.05, 4.69) is 25.8 Å². The Morgan fingerprint density at radius 3 is 2.82 bits per heavy atom. The lowest BCUT2D eigenvalue weighted by Crippen LogP contribution is -2.41. The minimum Gasteiger partial charge on any atom is -0.489 e. The van der Waals surface area contributed by atoms with Crippen LogP contribution in [-0.2, 0) is 6.54 Å². The van der Waals surface area contributed by atoms with E-state index in [0.717, 1.165) is 23.0 Å². The monoisotopic (exact) mass is 301 g/mol. The summed E-state index contributed by atoms with van der Waals surface area (Å²) in [5.41, 5.74) is 2.14. The predicted octanol–water partition coefficient (Wildman–Crippen LogP) is 1.85. The van der Waals surface area contributed by atoms with Crippen molar-refractivity contribution in [3.05, 3.63) is 47.8 Å². The summed E-state index contributed by atoms with van der Waals surface area (Å²) in [5.74, 6) is 1.65. The van der Waals surface area contributed by atoms with Gasteiger partial charge in [-0.1, -0.05) is 18.2 Å². The largest absolute Gasteiger partial charge is 0.489 e. The molecule has 0 saturated carbocycles. The molecule has 0 aliphatic carbocycles. The van der Waals surface area contributed by atoms with Crippen LogP contribution >= 0.6 is 0 Å². The summed E-state index contributed by atoms with van der Waals surface area (Å²) in [4.78, 5) is 4.19. The molecule has 1 unspecified atom stereocenters. The molecule has 0 aliphatic heterocycles.